The molecule has 0 unspecified atom stereocenters. The van der Waals surface area contributed by atoms with Crippen LogP contribution in [0.1, 0.15) is 29.9 Å². The van der Waals surface area contributed by atoms with Crippen molar-refractivity contribution in [1.82, 2.24) is 9.78 Å². The van der Waals surface area contributed by atoms with Crippen molar-refractivity contribution in [2.45, 2.75) is 27.3 Å². The average molecular weight is 292 g/mol. The molecule has 4 nitrogen and oxygen atoms in total. The van der Waals surface area contributed by atoms with E-state index in [9.17, 15) is 18.7 Å². The first-order chi connectivity index (χ1) is 9.72. The van der Waals surface area contributed by atoms with Gasteiger partial charge >= 0.3 is 0 Å². The molecule has 1 aliphatic rings. The van der Waals surface area contributed by atoms with Crippen LogP contribution < -0.4 is 0 Å². The molecule has 6 heteroatoms. The maximum atomic E-state index is 13.7. The van der Waals surface area contributed by atoms with Gasteiger partial charge in [0.25, 0.3) is 0 Å². The van der Waals surface area contributed by atoms with Crippen molar-refractivity contribution in [2.75, 3.05) is 0 Å². The highest BCUT2D eigenvalue weighted by molar-refractivity contribution is 6.01. The summed E-state index contributed by atoms with van der Waals surface area (Å²) >= 11 is 0. The van der Waals surface area contributed by atoms with Gasteiger partial charge in [-0.2, -0.15) is 5.10 Å². The van der Waals surface area contributed by atoms with E-state index >= 15 is 0 Å². The lowest BCUT2D eigenvalue weighted by molar-refractivity contribution is 0.0860. The summed E-state index contributed by atoms with van der Waals surface area (Å²) in [4.78, 5) is 12.2. The third-order valence-electron chi connectivity index (χ3n) is 3.89. The molecule has 21 heavy (non-hydrogen) atoms. The third kappa shape index (κ3) is 1.86. The second kappa shape index (κ2) is 4.13. The van der Waals surface area contributed by atoms with Gasteiger partial charge in [-0.15, -0.1) is 0 Å². The molecule has 1 aromatic heterocycles. The van der Waals surface area contributed by atoms with E-state index in [1.807, 2.05) is 13.8 Å². The number of aromatic hydroxyl groups is 1. The normalized spacial score (nSPS) is 16.3. The van der Waals surface area contributed by atoms with Crippen LogP contribution in [0, 0.1) is 24.0 Å². The zero-order chi connectivity index (χ0) is 15.5. The van der Waals surface area contributed by atoms with Gasteiger partial charge < -0.3 is 5.11 Å². The van der Waals surface area contributed by atoms with Gasteiger partial charge in [-0.05, 0) is 24.6 Å². The molecule has 1 aromatic carbocycles. The monoisotopic (exact) mass is 292 g/mol. The van der Waals surface area contributed by atoms with Crippen molar-refractivity contribution in [3.8, 4) is 17.0 Å². The average Bonchev–Trinajstić information content (AvgIpc) is 2.90. The number of halogens is 2. The van der Waals surface area contributed by atoms with Gasteiger partial charge in [-0.25, -0.2) is 8.78 Å². The fourth-order valence-electron chi connectivity index (χ4n) is 2.61. The molecule has 0 amide bonds. The Bertz CT molecular complexity index is 778. The Labute approximate surface area is 120 Å². The number of aromatic nitrogens is 2. The number of benzene rings is 1. The van der Waals surface area contributed by atoms with E-state index in [4.69, 9.17) is 0 Å². The van der Waals surface area contributed by atoms with E-state index in [1.165, 1.54) is 13.0 Å². The Balaban J connectivity index is 2.14. The van der Waals surface area contributed by atoms with Gasteiger partial charge in [0.05, 0.1) is 12.2 Å². The Kier molecular flexibility index (Phi) is 2.70. The number of carbonyl (C=O) groups is 1. The van der Waals surface area contributed by atoms with Crippen molar-refractivity contribution < 1.29 is 18.7 Å². The van der Waals surface area contributed by atoms with Crippen LogP contribution in [0.4, 0.5) is 8.78 Å². The number of ketones is 1. The molecule has 2 aromatic rings. The number of hydrogen-bond donors (Lipinski definition) is 1. The van der Waals surface area contributed by atoms with Crippen LogP contribution in [0.25, 0.3) is 11.3 Å². The fourth-order valence-corrected chi connectivity index (χ4v) is 2.61. The second-order valence-corrected chi connectivity index (χ2v) is 5.98. The third-order valence-corrected chi connectivity index (χ3v) is 3.89. The maximum absolute atomic E-state index is 13.7. The number of rotatable bonds is 1. The molecule has 110 valence electrons. The molecule has 0 bridgehead atoms. The van der Waals surface area contributed by atoms with Crippen LogP contribution in [0.2, 0.25) is 0 Å². The fraction of sp³-hybridized carbons (Fsp3) is 0.333. The van der Waals surface area contributed by atoms with Gasteiger partial charge in [0.1, 0.15) is 5.69 Å². The van der Waals surface area contributed by atoms with Crippen LogP contribution in [0.5, 0.6) is 5.75 Å². The van der Waals surface area contributed by atoms with Crippen LogP contribution in [0.15, 0.2) is 12.1 Å². The molecule has 1 aliphatic heterocycles. The van der Waals surface area contributed by atoms with Gasteiger partial charge in [-0.3, -0.25) is 9.48 Å². The first-order valence-electron chi connectivity index (χ1n) is 6.53. The summed E-state index contributed by atoms with van der Waals surface area (Å²) in [6.07, 6.45) is 0. The first-order valence-corrected chi connectivity index (χ1v) is 6.53. The van der Waals surface area contributed by atoms with E-state index in [0.717, 1.165) is 6.07 Å². The van der Waals surface area contributed by atoms with Crippen molar-refractivity contribution in [2.24, 2.45) is 5.41 Å². The van der Waals surface area contributed by atoms with Crippen LogP contribution in [-0.2, 0) is 6.54 Å². The molecule has 0 atom stereocenters. The Morgan fingerprint density at radius 3 is 2.62 bits per heavy atom. The van der Waals surface area contributed by atoms with Gasteiger partial charge in [0, 0.05) is 11.0 Å². The highest BCUT2D eigenvalue weighted by Gasteiger charge is 2.39. The van der Waals surface area contributed by atoms with Crippen molar-refractivity contribution in [3.05, 3.63) is 35.0 Å². The molecule has 0 saturated carbocycles. The first kappa shape index (κ1) is 13.7. The minimum absolute atomic E-state index is 0.0429. The maximum Gasteiger partial charge on any atom is 0.188 e. The number of fused-ring (bicyclic) bond motifs is 1. The predicted molar refractivity (Wildman–Crippen MR) is 72.1 cm³/mol. The lowest BCUT2D eigenvalue weighted by Gasteiger charge is -2.13. The molecule has 0 saturated heterocycles. The number of phenols is 1. The standard InChI is InChI=1S/C15H14F2N2O2/c1-7-8(4-9(16)13(20)12(7)17)10-5-11-14(21)15(2,3)6-19(11)18-10/h4-5,20H,6H2,1-3H3. The van der Waals surface area contributed by atoms with E-state index in [0.29, 0.717) is 17.9 Å². The number of hydrogen-bond acceptors (Lipinski definition) is 3. The van der Waals surface area contributed by atoms with Gasteiger partial charge in [0.15, 0.2) is 23.2 Å². The molecule has 0 spiro atoms. The summed E-state index contributed by atoms with van der Waals surface area (Å²) in [5, 5.41) is 13.5. The summed E-state index contributed by atoms with van der Waals surface area (Å²) in [5.41, 5.74) is 0.571. The molecule has 0 fully saturated rings. The minimum atomic E-state index is -1.05. The van der Waals surface area contributed by atoms with Crippen LogP contribution >= 0.6 is 0 Å². The number of phenolic OH excluding ortho intramolecular Hbond substituents is 1. The molecule has 3 rings (SSSR count). The molecular weight excluding hydrogens is 278 g/mol. The smallest absolute Gasteiger partial charge is 0.188 e. The molecule has 0 radical (unpaired) electrons. The highest BCUT2D eigenvalue weighted by atomic mass is 19.1. The summed E-state index contributed by atoms with van der Waals surface area (Å²) in [6, 6.07) is 2.57. The lowest BCUT2D eigenvalue weighted by atomic mass is 9.89. The Hall–Kier alpha value is -2.24. The zero-order valence-corrected chi connectivity index (χ0v) is 11.9. The minimum Gasteiger partial charge on any atom is -0.503 e. The molecular formula is C15H14F2N2O2. The Morgan fingerprint density at radius 1 is 1.33 bits per heavy atom. The van der Waals surface area contributed by atoms with E-state index < -0.39 is 22.8 Å². The summed E-state index contributed by atoms with van der Waals surface area (Å²) in [7, 11) is 0. The topological polar surface area (TPSA) is 55.1 Å². The number of nitrogens with zero attached hydrogens (tertiary/aromatic N) is 2. The van der Waals surface area contributed by atoms with Crippen LogP contribution in [0.3, 0.4) is 0 Å². The summed E-state index contributed by atoms with van der Waals surface area (Å²) < 4.78 is 28.8. The highest BCUT2D eigenvalue weighted by Crippen LogP contribution is 2.36. The SMILES string of the molecule is Cc1c(-c2cc3n(n2)CC(C)(C)C3=O)cc(F)c(O)c1F. The quantitative estimate of drug-likeness (QED) is 0.879. The molecule has 1 N–H and O–H groups in total. The number of carbonyl (C=O) groups excluding carboxylic acids is 1. The van der Waals surface area contributed by atoms with Crippen molar-refractivity contribution >= 4 is 5.78 Å². The lowest BCUT2D eigenvalue weighted by Crippen LogP contribution is -2.20. The molecule has 2 heterocycles. The van der Waals surface area contributed by atoms with E-state index in [2.05, 4.69) is 5.10 Å². The number of Topliss-reactive ketones (excluding diaryl/α,β-unsaturated/α-hetero) is 1. The Morgan fingerprint density at radius 2 is 2.00 bits per heavy atom. The summed E-state index contributed by atoms with van der Waals surface area (Å²) in [6.45, 7) is 5.52. The van der Waals surface area contributed by atoms with Crippen LogP contribution in [-0.4, -0.2) is 20.7 Å². The van der Waals surface area contributed by atoms with Crippen molar-refractivity contribution in [3.63, 3.8) is 0 Å². The van der Waals surface area contributed by atoms with E-state index in [-0.39, 0.29) is 16.9 Å². The van der Waals surface area contributed by atoms with Crippen molar-refractivity contribution in [1.29, 1.82) is 0 Å². The van der Waals surface area contributed by atoms with Gasteiger partial charge in [-0.1, -0.05) is 13.8 Å². The van der Waals surface area contributed by atoms with E-state index in [1.54, 1.807) is 4.68 Å². The molecule has 0 aliphatic carbocycles. The van der Waals surface area contributed by atoms with Gasteiger partial charge in [0.2, 0.25) is 0 Å². The second-order valence-electron chi connectivity index (χ2n) is 5.98. The zero-order valence-electron chi connectivity index (χ0n) is 11.9. The largest absolute Gasteiger partial charge is 0.503 e. The summed E-state index contributed by atoms with van der Waals surface area (Å²) in [5.74, 6) is -3.10. The predicted octanol–water partition coefficient (Wildman–Crippen LogP) is 3.06.